The highest BCUT2D eigenvalue weighted by Crippen LogP contribution is 2.71. The van der Waals surface area contributed by atoms with Crippen molar-refractivity contribution >= 4 is 12.1 Å². The number of carbonyl (C=O) groups excluding carboxylic acids is 2. The molecule has 238 valence electrons. The van der Waals surface area contributed by atoms with E-state index in [1.54, 1.807) is 6.07 Å². The summed E-state index contributed by atoms with van der Waals surface area (Å²) in [6.07, 6.45) is 7.54. The van der Waals surface area contributed by atoms with E-state index >= 15 is 0 Å². The second-order valence-electron chi connectivity index (χ2n) is 14.6. The number of hydrogen-bond donors (Lipinski definition) is 3. The molecule has 10 nitrogen and oxygen atoms in total. The molecule has 1 aliphatic heterocycles. The average molecular weight is 601 g/mol. The van der Waals surface area contributed by atoms with Crippen LogP contribution < -0.4 is 10.9 Å². The van der Waals surface area contributed by atoms with E-state index in [1.165, 1.54) is 19.3 Å². The van der Waals surface area contributed by atoms with Crippen LogP contribution in [-0.4, -0.2) is 77.3 Å². The van der Waals surface area contributed by atoms with Gasteiger partial charge in [-0.3, -0.25) is 9.69 Å². The molecule has 6 rings (SSSR count). The molecule has 43 heavy (non-hydrogen) atoms. The zero-order valence-corrected chi connectivity index (χ0v) is 25.8. The first-order chi connectivity index (χ1) is 20.4. The number of fused-ring (bicyclic) bond motifs is 5. The van der Waals surface area contributed by atoms with Crippen molar-refractivity contribution in [2.45, 2.75) is 108 Å². The molecule has 0 aromatic carbocycles. The lowest BCUT2D eigenvalue weighted by atomic mass is 9.43. The molecule has 5 aliphatic rings. The summed E-state index contributed by atoms with van der Waals surface area (Å²) in [5.41, 5.74) is -1.17. The summed E-state index contributed by atoms with van der Waals surface area (Å²) in [5.74, 6) is 0.152. The third kappa shape index (κ3) is 5.41. The van der Waals surface area contributed by atoms with E-state index in [1.807, 2.05) is 0 Å². The standard InChI is InChI=1S/C33H48N2O8/c1-20(36)42-27-17-33(40)26-6-5-22-16-24(43-30(39)34-13-15-35-14-10-23(37)18-35)8-11-31(22,2)25(26)9-12-32(33,3)29(27)21-4-7-28(38)41-19-21/h4,7,19,22-27,29,37,40H,5-6,8-18H2,1-3H3,(H,34,39)/t22-,23+,24+,25+,26-,27+,29+,31+,32-,33+/m1/s1. The van der Waals surface area contributed by atoms with Crippen molar-refractivity contribution in [1.82, 2.24) is 10.2 Å². The highest BCUT2D eigenvalue weighted by atomic mass is 16.6. The SMILES string of the molecule is CC(=O)O[C@H]1C[C@]2(O)[C@@H]3CC[C@@H]4C[C@@H](OC(=O)NCCN5CC[C@H](O)C5)CC[C@]4(C)[C@H]3CC[C@]2(C)[C@H]1c1ccc(=O)oc1. The Labute approximate surface area is 253 Å². The summed E-state index contributed by atoms with van der Waals surface area (Å²) >= 11 is 0. The van der Waals surface area contributed by atoms with Gasteiger partial charge in [-0.25, -0.2) is 9.59 Å². The molecule has 1 aromatic heterocycles. The number of esters is 1. The fourth-order valence-electron chi connectivity index (χ4n) is 10.3. The van der Waals surface area contributed by atoms with Gasteiger partial charge in [-0.15, -0.1) is 0 Å². The molecule has 4 aliphatic carbocycles. The molecule has 4 saturated carbocycles. The number of carbonyl (C=O) groups is 2. The van der Waals surface area contributed by atoms with Gasteiger partial charge in [0.2, 0.25) is 0 Å². The van der Waals surface area contributed by atoms with Crippen LogP contribution in [0.3, 0.4) is 0 Å². The quantitative estimate of drug-likeness (QED) is 0.418. The van der Waals surface area contributed by atoms with Crippen molar-refractivity contribution in [3.8, 4) is 0 Å². The smallest absolute Gasteiger partial charge is 0.407 e. The minimum absolute atomic E-state index is 0.0292. The fraction of sp³-hybridized carbons (Fsp3) is 0.788. The Morgan fingerprint density at radius 1 is 1.09 bits per heavy atom. The summed E-state index contributed by atoms with van der Waals surface area (Å²) < 4.78 is 17.0. The first kappa shape index (κ1) is 30.6. The lowest BCUT2D eigenvalue weighted by Gasteiger charge is -2.63. The topological polar surface area (TPSA) is 139 Å². The van der Waals surface area contributed by atoms with E-state index in [0.29, 0.717) is 37.9 Å². The number of likely N-dealkylation sites (tertiary alicyclic amines) is 1. The van der Waals surface area contributed by atoms with Crippen molar-refractivity contribution < 1.29 is 33.7 Å². The van der Waals surface area contributed by atoms with Gasteiger partial charge in [0.1, 0.15) is 12.2 Å². The number of aliphatic hydroxyl groups excluding tert-OH is 1. The minimum Gasteiger partial charge on any atom is -0.462 e. The largest absolute Gasteiger partial charge is 0.462 e. The Morgan fingerprint density at radius 2 is 1.91 bits per heavy atom. The number of alkyl carbamates (subject to hydrolysis) is 1. The van der Waals surface area contributed by atoms with Crippen molar-refractivity contribution in [2.24, 2.45) is 28.6 Å². The number of rotatable bonds is 6. The lowest BCUT2D eigenvalue weighted by molar-refractivity contribution is -0.205. The van der Waals surface area contributed by atoms with Gasteiger partial charge in [0.15, 0.2) is 0 Å². The molecule has 5 fully saturated rings. The van der Waals surface area contributed by atoms with Crippen molar-refractivity contribution in [2.75, 3.05) is 26.2 Å². The number of nitrogens with zero attached hydrogens (tertiary/aromatic N) is 1. The van der Waals surface area contributed by atoms with Crippen LogP contribution in [-0.2, 0) is 14.3 Å². The van der Waals surface area contributed by atoms with E-state index in [-0.39, 0.29) is 41.5 Å². The maximum absolute atomic E-state index is 12.7. The van der Waals surface area contributed by atoms with Crippen LogP contribution in [0.25, 0.3) is 0 Å². The van der Waals surface area contributed by atoms with Gasteiger partial charge < -0.3 is 29.4 Å². The Hall–Kier alpha value is -2.43. The molecule has 0 bridgehead atoms. The zero-order chi connectivity index (χ0) is 30.6. The van der Waals surface area contributed by atoms with Gasteiger partial charge in [-0.1, -0.05) is 13.8 Å². The number of β-amino-alcohol motifs (C(OH)–C–C–N with tert-alkyl or cyclic N) is 1. The average Bonchev–Trinajstić information content (AvgIpc) is 3.46. The van der Waals surface area contributed by atoms with Crippen molar-refractivity contribution in [3.05, 3.63) is 34.4 Å². The van der Waals surface area contributed by atoms with E-state index < -0.39 is 22.7 Å². The highest BCUT2D eigenvalue weighted by Gasteiger charge is 2.70. The number of hydrogen-bond acceptors (Lipinski definition) is 9. The number of amides is 1. The van der Waals surface area contributed by atoms with Crippen LogP contribution in [0.15, 0.2) is 27.6 Å². The molecule has 10 atom stereocenters. The lowest BCUT2D eigenvalue weighted by Crippen LogP contribution is -2.62. The van der Waals surface area contributed by atoms with E-state index in [2.05, 4.69) is 24.1 Å². The van der Waals surface area contributed by atoms with E-state index in [9.17, 15) is 24.6 Å². The third-order valence-corrected chi connectivity index (χ3v) is 12.4. The maximum Gasteiger partial charge on any atom is 0.407 e. The van der Waals surface area contributed by atoms with E-state index in [4.69, 9.17) is 13.9 Å². The third-order valence-electron chi connectivity index (χ3n) is 12.4. The van der Waals surface area contributed by atoms with Crippen LogP contribution in [0.1, 0.15) is 90.0 Å². The van der Waals surface area contributed by atoms with Crippen LogP contribution in [0.5, 0.6) is 0 Å². The summed E-state index contributed by atoms with van der Waals surface area (Å²) in [4.78, 5) is 38.6. The van der Waals surface area contributed by atoms with Gasteiger partial charge in [0, 0.05) is 56.9 Å². The molecule has 10 heteroatoms. The highest BCUT2D eigenvalue weighted by molar-refractivity contribution is 5.67. The molecule has 0 radical (unpaired) electrons. The Balaban J connectivity index is 1.13. The maximum atomic E-state index is 12.7. The predicted octanol–water partition coefficient (Wildman–Crippen LogP) is 3.58. The normalized spacial score (nSPS) is 42.4. The monoisotopic (exact) mass is 600 g/mol. The zero-order valence-electron chi connectivity index (χ0n) is 25.8. The van der Waals surface area contributed by atoms with Crippen LogP contribution in [0.4, 0.5) is 4.79 Å². The van der Waals surface area contributed by atoms with Crippen LogP contribution in [0.2, 0.25) is 0 Å². The Bertz CT molecular complexity index is 1250. The number of nitrogens with one attached hydrogen (secondary N) is 1. The molecular formula is C33H48N2O8. The van der Waals surface area contributed by atoms with Gasteiger partial charge in [-0.2, -0.15) is 0 Å². The second kappa shape index (κ2) is 11.5. The molecule has 3 N–H and O–H groups in total. The molecule has 2 heterocycles. The predicted molar refractivity (Wildman–Crippen MR) is 157 cm³/mol. The van der Waals surface area contributed by atoms with Crippen molar-refractivity contribution in [3.63, 3.8) is 0 Å². The molecular weight excluding hydrogens is 552 g/mol. The summed E-state index contributed by atoms with van der Waals surface area (Å²) in [7, 11) is 0. The molecule has 0 spiro atoms. The van der Waals surface area contributed by atoms with Gasteiger partial charge in [-0.05, 0) is 86.2 Å². The van der Waals surface area contributed by atoms with Gasteiger partial charge in [0.05, 0.1) is 18.0 Å². The summed E-state index contributed by atoms with van der Waals surface area (Å²) in [6.45, 7) is 8.64. The number of aliphatic hydroxyl groups is 2. The molecule has 1 aromatic rings. The van der Waals surface area contributed by atoms with Crippen LogP contribution in [0, 0.1) is 28.6 Å². The summed E-state index contributed by atoms with van der Waals surface area (Å²) in [5, 5.41) is 25.3. The second-order valence-corrected chi connectivity index (χ2v) is 14.6. The van der Waals surface area contributed by atoms with Crippen LogP contribution >= 0.6 is 0 Å². The Kier molecular flexibility index (Phi) is 8.18. The first-order valence-corrected chi connectivity index (χ1v) is 16.3. The molecule has 1 saturated heterocycles. The van der Waals surface area contributed by atoms with Gasteiger partial charge >= 0.3 is 17.7 Å². The minimum atomic E-state index is -1.02. The van der Waals surface area contributed by atoms with Crippen molar-refractivity contribution in [1.29, 1.82) is 0 Å². The van der Waals surface area contributed by atoms with Gasteiger partial charge in [0.25, 0.3) is 0 Å². The fourth-order valence-corrected chi connectivity index (χ4v) is 10.3. The summed E-state index contributed by atoms with van der Waals surface area (Å²) in [6, 6.07) is 3.15. The molecule has 1 amide bonds. The molecule has 0 unspecified atom stereocenters. The first-order valence-electron chi connectivity index (χ1n) is 16.3. The Morgan fingerprint density at radius 3 is 2.60 bits per heavy atom. The van der Waals surface area contributed by atoms with E-state index in [0.717, 1.165) is 63.5 Å². The number of ether oxygens (including phenoxy) is 2.